The van der Waals surface area contributed by atoms with Crippen LogP contribution in [-0.4, -0.2) is 26.3 Å². The zero-order valence-electron chi connectivity index (χ0n) is 8.73. The predicted molar refractivity (Wildman–Crippen MR) is 57.4 cm³/mol. The van der Waals surface area contributed by atoms with Gasteiger partial charge in [0.15, 0.2) is 6.29 Å². The Labute approximate surface area is 98.1 Å². The normalized spacial score (nSPS) is 16.4. The van der Waals surface area contributed by atoms with Crippen molar-refractivity contribution in [1.82, 2.24) is 0 Å². The van der Waals surface area contributed by atoms with Crippen molar-refractivity contribution in [3.05, 3.63) is 34.3 Å². The molecule has 0 bridgehead atoms. The third-order valence-electron chi connectivity index (χ3n) is 2.32. The maximum Gasteiger partial charge on any atom is 0.338 e. The Morgan fingerprint density at radius 1 is 1.44 bits per heavy atom. The topological polar surface area (TPSA) is 44.8 Å². The molecular weight excluding hydrogens is 232 g/mol. The van der Waals surface area contributed by atoms with Crippen LogP contribution in [0.15, 0.2) is 18.2 Å². The van der Waals surface area contributed by atoms with Crippen LogP contribution in [0.4, 0.5) is 0 Å². The maximum atomic E-state index is 11.6. The molecule has 16 heavy (non-hydrogen) atoms. The number of carbonyl (C=O) groups excluding carboxylic acids is 1. The molecule has 0 radical (unpaired) electrons. The fourth-order valence-electron chi connectivity index (χ4n) is 1.59. The Kier molecular flexibility index (Phi) is 3.43. The highest BCUT2D eigenvalue weighted by Crippen LogP contribution is 2.32. The number of carbonyl (C=O) groups is 1. The van der Waals surface area contributed by atoms with Gasteiger partial charge in [-0.15, -0.1) is 0 Å². The van der Waals surface area contributed by atoms with Gasteiger partial charge in [0.25, 0.3) is 0 Å². The van der Waals surface area contributed by atoms with E-state index in [9.17, 15) is 4.79 Å². The predicted octanol–water partition coefficient (Wildman–Crippen LogP) is 2.17. The molecule has 0 saturated carbocycles. The molecule has 1 aromatic carbocycles. The van der Waals surface area contributed by atoms with Crippen molar-refractivity contribution in [2.24, 2.45) is 0 Å². The number of rotatable bonds is 2. The van der Waals surface area contributed by atoms with Crippen molar-refractivity contribution >= 4 is 17.6 Å². The second kappa shape index (κ2) is 4.82. The van der Waals surface area contributed by atoms with Crippen molar-refractivity contribution in [3.8, 4) is 0 Å². The number of halogens is 1. The molecule has 0 N–H and O–H groups in total. The molecule has 1 saturated heterocycles. The van der Waals surface area contributed by atoms with E-state index in [2.05, 4.69) is 4.74 Å². The van der Waals surface area contributed by atoms with Gasteiger partial charge in [0, 0.05) is 10.6 Å². The minimum atomic E-state index is -0.581. The van der Waals surface area contributed by atoms with Gasteiger partial charge in [0.2, 0.25) is 0 Å². The van der Waals surface area contributed by atoms with Gasteiger partial charge in [-0.3, -0.25) is 0 Å². The molecule has 0 unspecified atom stereocenters. The first kappa shape index (κ1) is 11.4. The molecule has 2 rings (SSSR count). The zero-order valence-corrected chi connectivity index (χ0v) is 9.49. The third-order valence-corrected chi connectivity index (χ3v) is 2.65. The summed E-state index contributed by atoms with van der Waals surface area (Å²) in [4.78, 5) is 11.6. The highest BCUT2D eigenvalue weighted by Gasteiger charge is 2.26. The molecule has 0 amide bonds. The van der Waals surface area contributed by atoms with E-state index in [1.165, 1.54) is 7.11 Å². The van der Waals surface area contributed by atoms with Crippen molar-refractivity contribution in [1.29, 1.82) is 0 Å². The number of benzene rings is 1. The van der Waals surface area contributed by atoms with E-state index < -0.39 is 12.3 Å². The standard InChI is InChI=1S/C11H11ClO4/c1-14-10(13)7-3-2-4-8(12)9(7)11-15-5-6-16-11/h2-4,11H,5-6H2,1H3. The molecule has 1 fully saturated rings. The van der Waals surface area contributed by atoms with Gasteiger partial charge in [-0.05, 0) is 12.1 Å². The van der Waals surface area contributed by atoms with E-state index in [1.54, 1.807) is 18.2 Å². The zero-order chi connectivity index (χ0) is 11.5. The fraction of sp³-hybridized carbons (Fsp3) is 0.364. The summed E-state index contributed by atoms with van der Waals surface area (Å²) in [6.07, 6.45) is -0.581. The quantitative estimate of drug-likeness (QED) is 0.746. The number of hydrogen-bond acceptors (Lipinski definition) is 4. The van der Waals surface area contributed by atoms with Crippen LogP contribution >= 0.6 is 11.6 Å². The number of hydrogen-bond donors (Lipinski definition) is 0. The van der Waals surface area contributed by atoms with Crippen LogP contribution < -0.4 is 0 Å². The van der Waals surface area contributed by atoms with Gasteiger partial charge in [-0.2, -0.15) is 0 Å². The van der Waals surface area contributed by atoms with Crippen LogP contribution in [0.5, 0.6) is 0 Å². The lowest BCUT2D eigenvalue weighted by atomic mass is 10.1. The largest absolute Gasteiger partial charge is 0.465 e. The fourth-order valence-corrected chi connectivity index (χ4v) is 1.85. The Morgan fingerprint density at radius 3 is 2.75 bits per heavy atom. The third kappa shape index (κ3) is 2.04. The monoisotopic (exact) mass is 242 g/mol. The molecule has 1 aliphatic rings. The van der Waals surface area contributed by atoms with Gasteiger partial charge in [-0.1, -0.05) is 17.7 Å². The molecule has 1 heterocycles. The molecule has 0 atom stereocenters. The highest BCUT2D eigenvalue weighted by molar-refractivity contribution is 6.31. The molecule has 1 aliphatic heterocycles. The Hall–Kier alpha value is -1.10. The minimum Gasteiger partial charge on any atom is -0.465 e. The first-order valence-electron chi connectivity index (χ1n) is 4.84. The Bertz CT molecular complexity index is 399. The van der Waals surface area contributed by atoms with E-state index in [0.717, 1.165) is 0 Å². The molecule has 4 nitrogen and oxygen atoms in total. The SMILES string of the molecule is COC(=O)c1cccc(Cl)c1C1OCCO1. The van der Waals surface area contributed by atoms with Gasteiger partial charge in [0.1, 0.15) is 0 Å². The minimum absolute atomic E-state index is 0.377. The molecule has 0 aromatic heterocycles. The molecule has 0 spiro atoms. The molecule has 86 valence electrons. The number of esters is 1. The summed E-state index contributed by atoms with van der Waals surface area (Å²) in [6.45, 7) is 0.993. The first-order valence-corrected chi connectivity index (χ1v) is 5.21. The summed E-state index contributed by atoms with van der Waals surface area (Å²) in [6, 6.07) is 5.01. The Morgan fingerprint density at radius 2 is 2.12 bits per heavy atom. The number of ether oxygens (including phenoxy) is 3. The lowest BCUT2D eigenvalue weighted by Gasteiger charge is -2.14. The van der Waals surface area contributed by atoms with Gasteiger partial charge < -0.3 is 14.2 Å². The Balaban J connectivity index is 2.43. The van der Waals surface area contributed by atoms with Crippen LogP contribution in [0.2, 0.25) is 5.02 Å². The average molecular weight is 243 g/mol. The molecule has 0 aliphatic carbocycles. The van der Waals surface area contributed by atoms with E-state index in [0.29, 0.717) is 29.4 Å². The van der Waals surface area contributed by atoms with Crippen LogP contribution in [0, 0.1) is 0 Å². The van der Waals surface area contributed by atoms with Crippen molar-refractivity contribution in [2.75, 3.05) is 20.3 Å². The summed E-state index contributed by atoms with van der Waals surface area (Å²) in [5.41, 5.74) is 0.912. The summed E-state index contributed by atoms with van der Waals surface area (Å²) < 4.78 is 15.4. The van der Waals surface area contributed by atoms with Gasteiger partial charge in [-0.25, -0.2) is 4.79 Å². The maximum absolute atomic E-state index is 11.6. The molecular formula is C11H11ClO4. The second-order valence-electron chi connectivity index (χ2n) is 3.27. The van der Waals surface area contributed by atoms with Crippen molar-refractivity contribution in [2.45, 2.75) is 6.29 Å². The smallest absolute Gasteiger partial charge is 0.338 e. The van der Waals surface area contributed by atoms with Crippen LogP contribution in [-0.2, 0) is 14.2 Å². The summed E-state index contributed by atoms with van der Waals surface area (Å²) in [5.74, 6) is -0.448. The first-order chi connectivity index (χ1) is 7.74. The van der Waals surface area contributed by atoms with Crippen LogP contribution in [0.1, 0.15) is 22.2 Å². The van der Waals surface area contributed by atoms with Gasteiger partial charge >= 0.3 is 5.97 Å². The lowest BCUT2D eigenvalue weighted by Crippen LogP contribution is -2.10. The molecule has 5 heteroatoms. The van der Waals surface area contributed by atoms with Gasteiger partial charge in [0.05, 0.1) is 25.9 Å². The highest BCUT2D eigenvalue weighted by atomic mass is 35.5. The summed E-state index contributed by atoms with van der Waals surface area (Å²) in [5, 5.41) is 0.440. The second-order valence-corrected chi connectivity index (χ2v) is 3.67. The van der Waals surface area contributed by atoms with E-state index in [4.69, 9.17) is 21.1 Å². The van der Waals surface area contributed by atoms with Crippen LogP contribution in [0.3, 0.4) is 0 Å². The van der Waals surface area contributed by atoms with E-state index in [1.807, 2.05) is 0 Å². The summed E-state index contributed by atoms with van der Waals surface area (Å²) in [7, 11) is 1.32. The van der Waals surface area contributed by atoms with Crippen LogP contribution in [0.25, 0.3) is 0 Å². The van der Waals surface area contributed by atoms with E-state index in [-0.39, 0.29) is 0 Å². The molecule has 1 aromatic rings. The average Bonchev–Trinajstić information content (AvgIpc) is 2.81. The lowest BCUT2D eigenvalue weighted by molar-refractivity contribution is -0.0448. The number of methoxy groups -OCH3 is 1. The van der Waals surface area contributed by atoms with Crippen molar-refractivity contribution < 1.29 is 19.0 Å². The summed E-state index contributed by atoms with van der Waals surface area (Å²) >= 11 is 6.04. The van der Waals surface area contributed by atoms with Crippen molar-refractivity contribution in [3.63, 3.8) is 0 Å². The van der Waals surface area contributed by atoms with E-state index >= 15 is 0 Å².